The maximum atomic E-state index is 14.5. The molecule has 3 N–H and O–H groups in total. The number of carbonyl (C=O) groups excluding carboxylic acids is 2. The van der Waals surface area contributed by atoms with Crippen molar-refractivity contribution >= 4 is 11.8 Å². The molecule has 2 amide bonds. The molecule has 2 aromatic rings. The molecule has 1 saturated carbocycles. The molecule has 2 fully saturated rings. The molecular weight excluding hydrogens is 397 g/mol. The molecule has 1 aliphatic carbocycles. The smallest absolute Gasteiger partial charge is 0.256 e. The summed E-state index contributed by atoms with van der Waals surface area (Å²) in [5.41, 5.74) is 6.67. The Kier molecular flexibility index (Phi) is 6.23. The molecule has 2 aliphatic rings. The average molecular weight is 426 g/mol. The molecule has 0 bridgehead atoms. The SMILES string of the molecule is CN(C(=O)c1cc(Oc2ccc(CCN)cc2)ccc1F)[C@H]1C[C@H]2CC(=O)NC[C@H]2C1. The van der Waals surface area contributed by atoms with Gasteiger partial charge in [-0.05, 0) is 73.5 Å². The van der Waals surface area contributed by atoms with Crippen LogP contribution in [0.3, 0.4) is 0 Å². The summed E-state index contributed by atoms with van der Waals surface area (Å²) in [7, 11) is 1.71. The lowest BCUT2D eigenvalue weighted by Gasteiger charge is -2.25. The predicted octanol–water partition coefficient (Wildman–Crippen LogP) is 3.11. The van der Waals surface area contributed by atoms with Crippen LogP contribution < -0.4 is 15.8 Å². The van der Waals surface area contributed by atoms with Crippen LogP contribution in [0.2, 0.25) is 0 Å². The molecule has 1 aliphatic heterocycles. The standard InChI is InChI=1S/C24H28FN3O3/c1-28(18-10-16-12-23(29)27-14-17(16)11-18)24(30)21-13-20(6-7-22(21)25)31-19-4-2-15(3-5-19)8-9-26/h2-7,13,16-18H,8-12,14,26H2,1H3,(H,27,29)/t16-,17+,18-/m0/s1. The molecule has 164 valence electrons. The summed E-state index contributed by atoms with van der Waals surface area (Å²) < 4.78 is 20.4. The van der Waals surface area contributed by atoms with E-state index in [0.717, 1.165) is 24.8 Å². The third-order valence-corrected chi connectivity index (χ3v) is 6.45. The van der Waals surface area contributed by atoms with Crippen molar-refractivity contribution in [2.24, 2.45) is 17.6 Å². The molecule has 4 rings (SSSR count). The molecule has 7 heteroatoms. The zero-order chi connectivity index (χ0) is 22.0. The quantitative estimate of drug-likeness (QED) is 0.745. The molecule has 2 aromatic carbocycles. The Morgan fingerprint density at radius 1 is 1.16 bits per heavy atom. The second-order valence-electron chi connectivity index (χ2n) is 8.50. The lowest BCUT2D eigenvalue weighted by Crippen LogP contribution is -2.38. The summed E-state index contributed by atoms with van der Waals surface area (Å²) in [5.74, 6) is 0.799. The fourth-order valence-electron chi connectivity index (χ4n) is 4.67. The highest BCUT2D eigenvalue weighted by Gasteiger charge is 2.41. The topological polar surface area (TPSA) is 84.7 Å². The number of hydrogen-bond acceptors (Lipinski definition) is 4. The van der Waals surface area contributed by atoms with Gasteiger partial charge in [0.25, 0.3) is 5.91 Å². The molecule has 31 heavy (non-hydrogen) atoms. The highest BCUT2D eigenvalue weighted by molar-refractivity contribution is 5.95. The summed E-state index contributed by atoms with van der Waals surface area (Å²) in [6, 6.07) is 11.8. The van der Waals surface area contributed by atoms with Gasteiger partial charge in [0.2, 0.25) is 5.91 Å². The first-order valence-electron chi connectivity index (χ1n) is 10.7. The Morgan fingerprint density at radius 2 is 1.87 bits per heavy atom. The number of nitrogens with two attached hydrogens (primary N) is 1. The molecule has 0 radical (unpaired) electrons. The second kappa shape index (κ2) is 9.06. The van der Waals surface area contributed by atoms with E-state index in [-0.39, 0.29) is 29.3 Å². The number of carbonyl (C=O) groups is 2. The van der Waals surface area contributed by atoms with Crippen molar-refractivity contribution in [1.29, 1.82) is 0 Å². The molecule has 1 heterocycles. The maximum Gasteiger partial charge on any atom is 0.256 e. The zero-order valence-electron chi connectivity index (χ0n) is 17.6. The van der Waals surface area contributed by atoms with Gasteiger partial charge in [0.05, 0.1) is 5.56 Å². The van der Waals surface area contributed by atoms with Crippen LogP contribution in [-0.2, 0) is 11.2 Å². The van der Waals surface area contributed by atoms with Crippen LogP contribution in [0.5, 0.6) is 11.5 Å². The van der Waals surface area contributed by atoms with Gasteiger partial charge < -0.3 is 20.7 Å². The second-order valence-corrected chi connectivity index (χ2v) is 8.50. The minimum atomic E-state index is -0.574. The summed E-state index contributed by atoms with van der Waals surface area (Å²) in [5, 5.41) is 2.90. The molecule has 0 unspecified atom stereocenters. The third-order valence-electron chi connectivity index (χ3n) is 6.45. The molecule has 0 spiro atoms. The predicted molar refractivity (Wildman–Crippen MR) is 115 cm³/mol. The molecule has 3 atom stereocenters. The number of benzene rings is 2. The first-order valence-corrected chi connectivity index (χ1v) is 10.7. The van der Waals surface area contributed by atoms with Gasteiger partial charge in [0.1, 0.15) is 17.3 Å². The monoisotopic (exact) mass is 425 g/mol. The van der Waals surface area contributed by atoms with Crippen LogP contribution in [-0.4, -0.2) is 42.9 Å². The van der Waals surface area contributed by atoms with Gasteiger partial charge in [-0.1, -0.05) is 12.1 Å². The first kappa shape index (κ1) is 21.3. The highest BCUT2D eigenvalue weighted by Crippen LogP contribution is 2.38. The minimum absolute atomic E-state index is 0.00531. The van der Waals surface area contributed by atoms with Crippen LogP contribution in [0.25, 0.3) is 0 Å². The van der Waals surface area contributed by atoms with Crippen molar-refractivity contribution < 1.29 is 18.7 Å². The van der Waals surface area contributed by atoms with E-state index in [4.69, 9.17) is 10.5 Å². The maximum absolute atomic E-state index is 14.5. The van der Waals surface area contributed by atoms with Crippen LogP contribution in [0, 0.1) is 17.7 Å². The highest BCUT2D eigenvalue weighted by atomic mass is 19.1. The number of nitrogens with zero attached hydrogens (tertiary/aromatic N) is 1. The van der Waals surface area contributed by atoms with Crippen molar-refractivity contribution in [2.75, 3.05) is 20.1 Å². The van der Waals surface area contributed by atoms with Crippen LogP contribution in [0.1, 0.15) is 35.2 Å². The van der Waals surface area contributed by atoms with Crippen LogP contribution >= 0.6 is 0 Å². The van der Waals surface area contributed by atoms with Gasteiger partial charge in [0.15, 0.2) is 0 Å². The molecule has 0 aromatic heterocycles. The van der Waals surface area contributed by atoms with Gasteiger partial charge in [-0.2, -0.15) is 0 Å². The Balaban J connectivity index is 1.46. The Labute approximate surface area is 181 Å². The van der Waals surface area contributed by atoms with Gasteiger partial charge >= 0.3 is 0 Å². The number of fused-ring (bicyclic) bond motifs is 1. The number of piperidine rings is 1. The van der Waals surface area contributed by atoms with Crippen molar-refractivity contribution in [3.63, 3.8) is 0 Å². The molecule has 6 nitrogen and oxygen atoms in total. The van der Waals surface area contributed by atoms with Crippen LogP contribution in [0.4, 0.5) is 4.39 Å². The Hall–Kier alpha value is -2.93. The average Bonchev–Trinajstić information content (AvgIpc) is 3.19. The number of nitrogens with one attached hydrogen (secondary N) is 1. The van der Waals surface area contributed by atoms with Crippen molar-refractivity contribution in [3.8, 4) is 11.5 Å². The number of halogens is 1. The fraction of sp³-hybridized carbons (Fsp3) is 0.417. The van der Waals surface area contributed by atoms with Gasteiger partial charge in [-0.3, -0.25) is 9.59 Å². The third kappa shape index (κ3) is 4.71. The lowest BCUT2D eigenvalue weighted by molar-refractivity contribution is -0.124. The first-order chi connectivity index (χ1) is 14.9. The van der Waals surface area contributed by atoms with Crippen molar-refractivity contribution in [1.82, 2.24) is 10.2 Å². The summed E-state index contributed by atoms with van der Waals surface area (Å²) in [4.78, 5) is 26.4. The van der Waals surface area contributed by atoms with Gasteiger partial charge in [-0.25, -0.2) is 4.39 Å². The number of amides is 2. The summed E-state index contributed by atoms with van der Waals surface area (Å²) in [6.07, 6.45) is 2.88. The Morgan fingerprint density at radius 3 is 2.61 bits per heavy atom. The largest absolute Gasteiger partial charge is 0.457 e. The molecule has 1 saturated heterocycles. The van der Waals surface area contributed by atoms with E-state index >= 15 is 0 Å². The summed E-state index contributed by atoms with van der Waals surface area (Å²) in [6.45, 7) is 1.23. The number of rotatable bonds is 6. The van der Waals surface area contributed by atoms with E-state index < -0.39 is 5.82 Å². The van der Waals surface area contributed by atoms with Crippen molar-refractivity contribution in [2.45, 2.75) is 31.7 Å². The number of hydrogen-bond donors (Lipinski definition) is 2. The lowest BCUT2D eigenvalue weighted by atomic mass is 9.89. The summed E-state index contributed by atoms with van der Waals surface area (Å²) >= 11 is 0. The van der Waals surface area contributed by atoms with E-state index in [1.807, 2.05) is 24.3 Å². The van der Waals surface area contributed by atoms with E-state index in [1.165, 1.54) is 18.2 Å². The van der Waals surface area contributed by atoms with Gasteiger partial charge in [0, 0.05) is 26.1 Å². The normalized spacial score (nSPS) is 22.5. The van der Waals surface area contributed by atoms with E-state index in [2.05, 4.69) is 5.32 Å². The number of ether oxygens (including phenoxy) is 1. The van der Waals surface area contributed by atoms with Gasteiger partial charge in [-0.15, -0.1) is 0 Å². The Bertz CT molecular complexity index is 963. The zero-order valence-corrected chi connectivity index (χ0v) is 17.6. The fourth-order valence-corrected chi connectivity index (χ4v) is 4.67. The van der Waals surface area contributed by atoms with Crippen LogP contribution in [0.15, 0.2) is 42.5 Å². The van der Waals surface area contributed by atoms with Crippen molar-refractivity contribution in [3.05, 3.63) is 59.4 Å². The molecular formula is C24H28FN3O3. The van der Waals surface area contributed by atoms with E-state index in [9.17, 15) is 14.0 Å². The minimum Gasteiger partial charge on any atom is -0.457 e. The van der Waals surface area contributed by atoms with E-state index in [1.54, 1.807) is 11.9 Å². The van der Waals surface area contributed by atoms with E-state index in [0.29, 0.717) is 36.9 Å².